The van der Waals surface area contributed by atoms with Crippen molar-refractivity contribution in [1.82, 2.24) is 9.80 Å². The monoisotopic (exact) mass is 749 g/mol. The van der Waals surface area contributed by atoms with Crippen LogP contribution in [0, 0.1) is 17.8 Å². The van der Waals surface area contributed by atoms with Crippen LogP contribution in [0.5, 0.6) is 0 Å². The van der Waals surface area contributed by atoms with Crippen molar-refractivity contribution in [2.45, 2.75) is 141 Å². The van der Waals surface area contributed by atoms with Gasteiger partial charge in [-0.05, 0) is 84.8 Å². The molecule has 1 aromatic rings. The molecule has 14 atom stereocenters. The van der Waals surface area contributed by atoms with E-state index in [0.717, 1.165) is 0 Å². The van der Waals surface area contributed by atoms with E-state index in [1.807, 2.05) is 46.7 Å². The lowest BCUT2D eigenvalue weighted by Crippen LogP contribution is -2.61. The summed E-state index contributed by atoms with van der Waals surface area (Å²) < 4.78 is 37.6. The molecule has 14 nitrogen and oxygen atoms in total. The van der Waals surface area contributed by atoms with E-state index in [1.165, 1.54) is 14.0 Å². The molecule has 0 radical (unpaired) electrons. The summed E-state index contributed by atoms with van der Waals surface area (Å²) in [5.74, 6) is -2.77. The van der Waals surface area contributed by atoms with Crippen molar-refractivity contribution in [2.75, 3.05) is 40.1 Å². The number of carbonyl (C=O) groups is 3. The summed E-state index contributed by atoms with van der Waals surface area (Å²) >= 11 is 0. The average molecular weight is 750 g/mol. The molecule has 0 saturated carbocycles. The lowest BCUT2D eigenvalue weighted by atomic mass is 9.77. The molecule has 1 aromatic carbocycles. The fourth-order valence-corrected chi connectivity index (χ4v) is 8.42. The number of carbonyl (C=O) groups excluding carboxylic acids is 3. The zero-order valence-electron chi connectivity index (χ0n) is 33.5. The van der Waals surface area contributed by atoms with Crippen LogP contribution in [-0.4, -0.2) is 139 Å². The lowest BCUT2D eigenvalue weighted by molar-refractivity contribution is -0.318. The Labute approximate surface area is 314 Å². The third-order valence-corrected chi connectivity index (χ3v) is 11.2. The number of methoxy groups -OCH3 is 1. The molecule has 2 fully saturated rings. The smallest absolute Gasteiger partial charge is 0.303 e. The summed E-state index contributed by atoms with van der Waals surface area (Å²) in [6.07, 6.45) is -5.69. The minimum Gasteiger partial charge on any atom is -0.457 e. The Bertz CT molecular complexity index is 1410. The lowest BCUT2D eigenvalue weighted by Gasteiger charge is -2.49. The molecule has 4 aliphatic heterocycles. The molecule has 0 unspecified atom stereocenters. The number of hydrogen-bond donors (Lipinski definition) is 3. The molecule has 2 saturated heterocycles. The van der Waals surface area contributed by atoms with Crippen LogP contribution in [0.25, 0.3) is 0 Å². The number of aliphatic hydroxyl groups excluding tert-OH is 1. The summed E-state index contributed by atoms with van der Waals surface area (Å²) in [6.45, 7) is 14.4. The normalized spacial score (nSPS) is 40.6. The quantitative estimate of drug-likeness (QED) is 0.349. The molecule has 0 aliphatic carbocycles. The van der Waals surface area contributed by atoms with Crippen molar-refractivity contribution < 1.29 is 53.0 Å². The summed E-state index contributed by atoms with van der Waals surface area (Å²) in [4.78, 5) is 43.0. The molecule has 4 aliphatic rings. The van der Waals surface area contributed by atoms with Crippen LogP contribution < -0.4 is 5.32 Å². The number of amides is 2. The maximum Gasteiger partial charge on any atom is 0.303 e. The molecule has 5 rings (SSSR count). The molecule has 0 aromatic heterocycles. The molecule has 3 N–H and O–H groups in total. The maximum atomic E-state index is 14.1. The summed E-state index contributed by atoms with van der Waals surface area (Å²) in [6, 6.07) is 6.45. The van der Waals surface area contributed by atoms with Crippen molar-refractivity contribution in [3.8, 4) is 0 Å². The zero-order chi connectivity index (χ0) is 39.6. The first-order valence-corrected chi connectivity index (χ1v) is 18.7. The number of aliphatic hydroxyl groups is 2. The van der Waals surface area contributed by atoms with Crippen LogP contribution >= 0.6 is 0 Å². The molecule has 53 heavy (non-hydrogen) atoms. The van der Waals surface area contributed by atoms with Crippen LogP contribution in [-0.2, 0) is 38.0 Å². The third-order valence-electron chi connectivity index (χ3n) is 11.2. The van der Waals surface area contributed by atoms with Gasteiger partial charge in [0.25, 0.3) is 5.91 Å². The van der Waals surface area contributed by atoms with Crippen LogP contribution in [0.3, 0.4) is 0 Å². The van der Waals surface area contributed by atoms with E-state index < -0.39 is 72.1 Å². The van der Waals surface area contributed by atoms with Gasteiger partial charge < -0.3 is 53.8 Å². The second-order valence-electron chi connectivity index (χ2n) is 16.3. The summed E-state index contributed by atoms with van der Waals surface area (Å²) in [7, 11) is 7.02. The number of nitrogens with one attached hydrogen (secondary N) is 1. The Kier molecular flexibility index (Phi) is 14.1. The van der Waals surface area contributed by atoms with Gasteiger partial charge in [-0.25, -0.2) is 0 Å². The number of ether oxygens (including phenoxy) is 6. The molecule has 0 spiro atoms. The van der Waals surface area contributed by atoms with Gasteiger partial charge in [-0.15, -0.1) is 0 Å². The number of likely N-dealkylation sites (N-methyl/N-ethyl adjacent to an activating group) is 1. The van der Waals surface area contributed by atoms with Gasteiger partial charge in [0.2, 0.25) is 5.91 Å². The highest BCUT2D eigenvalue weighted by Gasteiger charge is 2.52. The molecule has 14 heteroatoms. The average Bonchev–Trinajstić information content (AvgIpc) is 3.07. The molecular formula is C39H63N3O11. The van der Waals surface area contributed by atoms with Gasteiger partial charge in [-0.2, -0.15) is 0 Å². The van der Waals surface area contributed by atoms with Gasteiger partial charge in [0.05, 0.1) is 35.9 Å². The Balaban J connectivity index is 1.79. The van der Waals surface area contributed by atoms with Crippen molar-refractivity contribution >= 4 is 23.5 Å². The second kappa shape index (κ2) is 17.4. The van der Waals surface area contributed by atoms with Crippen LogP contribution in [0.2, 0.25) is 0 Å². The van der Waals surface area contributed by atoms with E-state index in [-0.39, 0.29) is 42.7 Å². The SMILES string of the molecule is CO[C@]1(C)C[C@H](O[C@H]2[C@H](C)[C@@H](O[C@@H]3O[C@H](C)C[C@H](N(C)C)[C@H]3O)[C@](C)(O)C[C@@H](C)CN(C)C(=O)c3ccc(cc3)NC(=O)[C@@H]2C)O[C@@H](C)[C@@H]1OC(C)=O. The third kappa shape index (κ3) is 10.1. The van der Waals surface area contributed by atoms with Crippen molar-refractivity contribution in [3.63, 3.8) is 0 Å². The number of nitrogens with zero attached hydrogens (tertiary/aromatic N) is 2. The molecule has 300 valence electrons. The fraction of sp³-hybridized carbons (Fsp3) is 0.769. The highest BCUT2D eigenvalue weighted by molar-refractivity contribution is 5.96. The predicted octanol–water partition coefficient (Wildman–Crippen LogP) is 3.43. The Morgan fingerprint density at radius 3 is 2.23 bits per heavy atom. The van der Waals surface area contributed by atoms with Crippen molar-refractivity contribution in [3.05, 3.63) is 29.8 Å². The Morgan fingerprint density at radius 2 is 1.64 bits per heavy atom. The summed E-state index contributed by atoms with van der Waals surface area (Å²) in [5, 5.41) is 27.0. The highest BCUT2D eigenvalue weighted by atomic mass is 16.7. The second-order valence-corrected chi connectivity index (χ2v) is 16.3. The zero-order valence-corrected chi connectivity index (χ0v) is 33.5. The first-order chi connectivity index (χ1) is 24.7. The van der Waals surface area contributed by atoms with Crippen molar-refractivity contribution in [2.24, 2.45) is 17.8 Å². The molecule has 2 bridgehead atoms. The fourth-order valence-electron chi connectivity index (χ4n) is 8.42. The number of rotatable bonds is 7. The molecule has 2 amide bonds. The minimum atomic E-state index is -1.57. The van der Waals surface area contributed by atoms with Gasteiger partial charge in [0, 0.05) is 57.3 Å². The molecule has 4 heterocycles. The van der Waals surface area contributed by atoms with E-state index >= 15 is 0 Å². The Hall–Kier alpha value is -2.69. The largest absolute Gasteiger partial charge is 0.457 e. The number of fused-ring (bicyclic) bond motifs is 13. The van der Waals surface area contributed by atoms with Gasteiger partial charge in [-0.3, -0.25) is 14.4 Å². The van der Waals surface area contributed by atoms with E-state index in [9.17, 15) is 24.6 Å². The number of benzene rings is 1. The maximum absolute atomic E-state index is 14.1. The van der Waals surface area contributed by atoms with Crippen LogP contribution in [0.1, 0.15) is 85.0 Å². The van der Waals surface area contributed by atoms with E-state index in [0.29, 0.717) is 24.2 Å². The van der Waals surface area contributed by atoms with Gasteiger partial charge >= 0.3 is 5.97 Å². The van der Waals surface area contributed by atoms with Gasteiger partial charge in [0.1, 0.15) is 11.7 Å². The Morgan fingerprint density at radius 1 is 1.00 bits per heavy atom. The molecular weight excluding hydrogens is 686 g/mol. The van der Waals surface area contributed by atoms with Crippen LogP contribution in [0.15, 0.2) is 24.3 Å². The van der Waals surface area contributed by atoms with Crippen molar-refractivity contribution in [1.29, 1.82) is 0 Å². The highest BCUT2D eigenvalue weighted by Crippen LogP contribution is 2.40. The van der Waals surface area contributed by atoms with E-state index in [2.05, 4.69) is 5.32 Å². The predicted molar refractivity (Wildman–Crippen MR) is 197 cm³/mol. The minimum absolute atomic E-state index is 0.163. The summed E-state index contributed by atoms with van der Waals surface area (Å²) in [5.41, 5.74) is -1.60. The topological polar surface area (TPSA) is 166 Å². The van der Waals surface area contributed by atoms with E-state index in [4.69, 9.17) is 28.4 Å². The standard InChI is InChI=1S/C39H63N3O11/c1-21-18-38(7,47)33(53-37-31(44)29(41(9)10)17-22(2)49-37)23(3)32(52-30-19-39(8,48-12)34(25(5)50-30)51-26(6)43)24(4)35(45)40-28-15-13-27(14-16-28)36(46)42(11)20-21/h13-16,21-25,29-34,37,44,47H,17-20H2,1-12H3,(H,40,45)/t21-,22-,23+,24-,25+,29+,30+,31-,32+,33-,34+,37+,38-,39-/m1/s1. The number of anilines is 1. The first kappa shape index (κ1) is 43.0. The number of hydrogen-bond acceptors (Lipinski definition) is 12. The van der Waals surface area contributed by atoms with Gasteiger partial charge in [-0.1, -0.05) is 20.8 Å². The van der Waals surface area contributed by atoms with Crippen LogP contribution in [0.4, 0.5) is 5.69 Å². The number of esters is 1. The van der Waals surface area contributed by atoms with E-state index in [1.54, 1.807) is 57.0 Å². The van der Waals surface area contributed by atoms with Gasteiger partial charge in [0.15, 0.2) is 18.7 Å². The first-order valence-electron chi connectivity index (χ1n) is 18.7.